The third-order valence-corrected chi connectivity index (χ3v) is 5.24. The van der Waals surface area contributed by atoms with Crippen molar-refractivity contribution in [2.75, 3.05) is 15.4 Å². The van der Waals surface area contributed by atoms with Gasteiger partial charge in [0, 0.05) is 29.7 Å². The predicted octanol–water partition coefficient (Wildman–Crippen LogP) is 3.60. The average Bonchev–Trinajstić information content (AvgIpc) is 2.60. The molecule has 3 aromatic rings. The molecule has 0 aliphatic rings. The molecule has 0 radical (unpaired) electrons. The van der Waals surface area contributed by atoms with E-state index in [9.17, 15) is 13.2 Å². The van der Waals surface area contributed by atoms with Crippen LogP contribution in [0.3, 0.4) is 0 Å². The highest BCUT2D eigenvalue weighted by Gasteiger charge is 2.14. The second kappa shape index (κ2) is 8.27. The Morgan fingerprint density at radius 2 is 1.48 bits per heavy atom. The SMILES string of the molecule is CC(=O)Nc1ccc(S(=O)(=O)Nc2cccc(Nc3nc(C)cc(C)n3)c2)cc1. The average molecular weight is 411 g/mol. The first-order chi connectivity index (χ1) is 13.7. The van der Waals surface area contributed by atoms with E-state index < -0.39 is 10.0 Å². The second-order valence-corrected chi connectivity index (χ2v) is 8.17. The maximum Gasteiger partial charge on any atom is 0.261 e. The normalized spacial score (nSPS) is 11.0. The largest absolute Gasteiger partial charge is 0.326 e. The van der Waals surface area contributed by atoms with Crippen LogP contribution in [0.4, 0.5) is 23.0 Å². The van der Waals surface area contributed by atoms with Crippen LogP contribution in [-0.4, -0.2) is 24.3 Å². The minimum absolute atomic E-state index is 0.0857. The highest BCUT2D eigenvalue weighted by molar-refractivity contribution is 7.92. The summed E-state index contributed by atoms with van der Waals surface area (Å²) in [6.07, 6.45) is 0. The highest BCUT2D eigenvalue weighted by Crippen LogP contribution is 2.22. The topological polar surface area (TPSA) is 113 Å². The Morgan fingerprint density at radius 1 is 0.862 bits per heavy atom. The van der Waals surface area contributed by atoms with Crippen LogP contribution < -0.4 is 15.4 Å². The van der Waals surface area contributed by atoms with Crippen molar-refractivity contribution in [2.45, 2.75) is 25.7 Å². The molecule has 0 saturated heterocycles. The zero-order chi connectivity index (χ0) is 21.0. The van der Waals surface area contributed by atoms with Gasteiger partial charge in [-0.15, -0.1) is 0 Å². The van der Waals surface area contributed by atoms with Gasteiger partial charge < -0.3 is 10.6 Å². The van der Waals surface area contributed by atoms with E-state index in [1.165, 1.54) is 31.2 Å². The molecule has 0 atom stereocenters. The fourth-order valence-corrected chi connectivity index (χ4v) is 3.76. The molecule has 3 rings (SSSR count). The number of aryl methyl sites for hydroxylation is 2. The summed E-state index contributed by atoms with van der Waals surface area (Å²) in [4.78, 5) is 19.8. The van der Waals surface area contributed by atoms with Crippen molar-refractivity contribution in [1.29, 1.82) is 0 Å². The number of carbonyl (C=O) groups excluding carboxylic acids is 1. The van der Waals surface area contributed by atoms with Gasteiger partial charge in [-0.05, 0) is 62.4 Å². The molecule has 3 N–H and O–H groups in total. The van der Waals surface area contributed by atoms with E-state index >= 15 is 0 Å². The number of nitrogens with zero attached hydrogens (tertiary/aromatic N) is 2. The first-order valence-electron chi connectivity index (χ1n) is 8.81. The Morgan fingerprint density at radius 3 is 2.10 bits per heavy atom. The molecule has 0 spiro atoms. The summed E-state index contributed by atoms with van der Waals surface area (Å²) in [6.45, 7) is 5.14. The molecule has 1 aromatic heterocycles. The van der Waals surface area contributed by atoms with E-state index in [1.807, 2.05) is 19.9 Å². The molecule has 0 aliphatic heterocycles. The van der Waals surface area contributed by atoms with Gasteiger partial charge in [0.25, 0.3) is 10.0 Å². The van der Waals surface area contributed by atoms with Crippen molar-refractivity contribution >= 4 is 38.9 Å². The van der Waals surface area contributed by atoms with Gasteiger partial charge in [0.15, 0.2) is 0 Å². The third kappa shape index (κ3) is 5.52. The molecule has 0 unspecified atom stereocenters. The lowest BCUT2D eigenvalue weighted by atomic mass is 10.3. The zero-order valence-electron chi connectivity index (χ0n) is 16.2. The molecule has 0 fully saturated rings. The maximum absolute atomic E-state index is 12.7. The molecule has 0 saturated carbocycles. The number of nitrogens with one attached hydrogen (secondary N) is 3. The zero-order valence-corrected chi connectivity index (χ0v) is 17.0. The molecular weight excluding hydrogens is 390 g/mol. The predicted molar refractivity (Wildman–Crippen MR) is 113 cm³/mol. The maximum atomic E-state index is 12.7. The van der Waals surface area contributed by atoms with Gasteiger partial charge >= 0.3 is 0 Å². The van der Waals surface area contributed by atoms with Crippen LogP contribution in [0.25, 0.3) is 0 Å². The fraction of sp³-hybridized carbons (Fsp3) is 0.150. The van der Waals surface area contributed by atoms with Crippen LogP contribution >= 0.6 is 0 Å². The number of amides is 1. The molecular formula is C20H21N5O3S. The van der Waals surface area contributed by atoms with Crippen molar-refractivity contribution in [3.63, 3.8) is 0 Å². The number of hydrogen-bond acceptors (Lipinski definition) is 6. The van der Waals surface area contributed by atoms with Crippen LogP contribution in [-0.2, 0) is 14.8 Å². The van der Waals surface area contributed by atoms with E-state index in [2.05, 4.69) is 25.3 Å². The van der Waals surface area contributed by atoms with Crippen molar-refractivity contribution in [2.24, 2.45) is 0 Å². The Hall–Kier alpha value is -3.46. The number of rotatable bonds is 6. The van der Waals surface area contributed by atoms with Crippen LogP contribution in [0.2, 0.25) is 0 Å². The second-order valence-electron chi connectivity index (χ2n) is 6.49. The van der Waals surface area contributed by atoms with E-state index in [0.717, 1.165) is 11.4 Å². The van der Waals surface area contributed by atoms with Crippen molar-refractivity contribution in [3.8, 4) is 0 Å². The first-order valence-corrected chi connectivity index (χ1v) is 10.3. The van der Waals surface area contributed by atoms with Crippen molar-refractivity contribution in [3.05, 3.63) is 66.0 Å². The molecule has 1 amide bonds. The number of hydrogen-bond donors (Lipinski definition) is 3. The summed E-state index contributed by atoms with van der Waals surface area (Å²) in [6, 6.07) is 14.6. The molecule has 0 bridgehead atoms. The molecule has 150 valence electrons. The smallest absolute Gasteiger partial charge is 0.261 e. The van der Waals surface area contributed by atoms with Gasteiger partial charge in [-0.25, -0.2) is 18.4 Å². The summed E-state index contributed by atoms with van der Waals surface area (Å²) in [7, 11) is -3.78. The van der Waals surface area contributed by atoms with Crippen LogP contribution in [0.5, 0.6) is 0 Å². The quantitative estimate of drug-likeness (QED) is 0.571. The van der Waals surface area contributed by atoms with Gasteiger partial charge in [-0.1, -0.05) is 6.07 Å². The van der Waals surface area contributed by atoms with E-state index in [4.69, 9.17) is 0 Å². The van der Waals surface area contributed by atoms with Crippen LogP contribution in [0, 0.1) is 13.8 Å². The van der Waals surface area contributed by atoms with E-state index in [1.54, 1.807) is 24.3 Å². The van der Waals surface area contributed by atoms with E-state index in [-0.39, 0.29) is 10.8 Å². The lowest BCUT2D eigenvalue weighted by Gasteiger charge is -2.11. The van der Waals surface area contributed by atoms with Gasteiger partial charge in [-0.2, -0.15) is 0 Å². The Balaban J connectivity index is 1.77. The molecule has 1 heterocycles. The number of sulfonamides is 1. The number of anilines is 4. The molecule has 0 aliphatic carbocycles. The summed E-state index contributed by atoms with van der Waals surface area (Å²) in [5, 5.41) is 5.68. The van der Waals surface area contributed by atoms with Crippen molar-refractivity contribution < 1.29 is 13.2 Å². The third-order valence-electron chi connectivity index (χ3n) is 3.84. The first kappa shape index (κ1) is 20.3. The van der Waals surface area contributed by atoms with Gasteiger partial charge in [-0.3, -0.25) is 9.52 Å². The molecule has 9 heteroatoms. The van der Waals surface area contributed by atoms with Gasteiger partial charge in [0.1, 0.15) is 0 Å². The molecule has 29 heavy (non-hydrogen) atoms. The van der Waals surface area contributed by atoms with Crippen LogP contribution in [0.15, 0.2) is 59.5 Å². The summed E-state index contributed by atoms with van der Waals surface area (Å²) in [5.41, 5.74) is 3.23. The minimum atomic E-state index is -3.78. The fourth-order valence-electron chi connectivity index (χ4n) is 2.71. The minimum Gasteiger partial charge on any atom is -0.326 e. The summed E-state index contributed by atoms with van der Waals surface area (Å²) < 4.78 is 27.8. The highest BCUT2D eigenvalue weighted by atomic mass is 32.2. The van der Waals surface area contributed by atoms with Gasteiger partial charge in [0.2, 0.25) is 11.9 Å². The summed E-state index contributed by atoms with van der Waals surface area (Å²) in [5.74, 6) is 0.215. The summed E-state index contributed by atoms with van der Waals surface area (Å²) >= 11 is 0. The Kier molecular flexibility index (Phi) is 5.79. The standard InChI is InChI=1S/C20H21N5O3S/c1-13-11-14(2)22-20(21-13)24-17-5-4-6-18(12-17)25-29(27,28)19-9-7-16(8-10-19)23-15(3)26/h4-12,25H,1-3H3,(H,23,26)(H,21,22,24). The van der Waals surface area contributed by atoms with E-state index in [0.29, 0.717) is 23.0 Å². The van der Waals surface area contributed by atoms with Crippen LogP contribution in [0.1, 0.15) is 18.3 Å². The van der Waals surface area contributed by atoms with Crippen molar-refractivity contribution in [1.82, 2.24) is 9.97 Å². The number of aromatic nitrogens is 2. The number of benzene rings is 2. The molecule has 8 nitrogen and oxygen atoms in total. The lowest BCUT2D eigenvalue weighted by Crippen LogP contribution is -2.13. The number of carbonyl (C=O) groups is 1. The lowest BCUT2D eigenvalue weighted by molar-refractivity contribution is -0.114. The molecule has 2 aromatic carbocycles. The Labute approximate surface area is 169 Å². The Bertz CT molecular complexity index is 1120. The monoisotopic (exact) mass is 411 g/mol. The van der Waals surface area contributed by atoms with Gasteiger partial charge in [0.05, 0.1) is 10.6 Å².